The fraction of sp³-hybridized carbons (Fsp3) is 0.153. The maximum absolute atomic E-state index is 6.71. The number of aryl methyl sites for hydroxylation is 1. The molecular weight excluding hydrogens is 777 g/mol. The van der Waals surface area contributed by atoms with Crippen LogP contribution in [0.1, 0.15) is 57.2 Å². The molecule has 0 fully saturated rings. The highest BCUT2D eigenvalue weighted by atomic mass is 16.3. The molecule has 8 aromatic carbocycles. The number of nitrogens with one attached hydrogen (secondary N) is 1. The molecule has 10 aromatic rings. The van der Waals surface area contributed by atoms with E-state index in [2.05, 4.69) is 225 Å². The molecule has 2 aromatic heterocycles. The summed E-state index contributed by atoms with van der Waals surface area (Å²) < 4.78 is 9.33. The molecule has 310 valence electrons. The van der Waals surface area contributed by atoms with E-state index in [1.54, 1.807) is 0 Å². The van der Waals surface area contributed by atoms with Gasteiger partial charge in [0.25, 0.3) is 0 Å². The molecule has 1 aliphatic heterocycles. The molecule has 0 radical (unpaired) electrons. The largest absolute Gasteiger partial charge is 0.456 e. The summed E-state index contributed by atoms with van der Waals surface area (Å²) in [5.41, 5.74) is 20.4. The second-order valence-corrected chi connectivity index (χ2v) is 19.4. The van der Waals surface area contributed by atoms with Gasteiger partial charge in [0.2, 0.25) is 0 Å². The lowest BCUT2D eigenvalue weighted by Gasteiger charge is -2.42. The molecule has 0 atom stereocenters. The number of aromatic nitrogens is 1. The molecule has 0 saturated heterocycles. The molecule has 64 heavy (non-hydrogen) atoms. The smallest absolute Gasteiger partial charge is 0.198 e. The van der Waals surface area contributed by atoms with Gasteiger partial charge >= 0.3 is 0 Å². The topological polar surface area (TPSA) is 33.3 Å². The van der Waals surface area contributed by atoms with Crippen LogP contribution in [0.4, 0.5) is 28.4 Å². The van der Waals surface area contributed by atoms with E-state index < -0.39 is 0 Å². The van der Waals surface area contributed by atoms with Gasteiger partial charge in [-0.2, -0.15) is 0 Å². The fourth-order valence-corrected chi connectivity index (χ4v) is 10.8. The lowest BCUT2D eigenvalue weighted by Crippen LogP contribution is -2.37. The quantitative estimate of drug-likeness (QED) is 0.163. The SMILES string of the molecule is Cc1ccc(Nc2ccccc2-c2cc(N(c3ccccc3)c3ccccc3)c3c4cc5c(cc4n4c3c2Bc2cc3oc(-c6ccccc6)cc3cc2-4)C(C)(C)CCC5(C)C)cc1. The Morgan fingerprint density at radius 3 is 1.94 bits per heavy atom. The average molecular weight is 828 g/mol. The highest BCUT2D eigenvalue weighted by molar-refractivity contribution is 6.74. The zero-order valence-electron chi connectivity index (χ0n) is 37.2. The Labute approximate surface area is 376 Å². The molecule has 0 spiro atoms. The first-order valence-corrected chi connectivity index (χ1v) is 22.8. The predicted molar refractivity (Wildman–Crippen MR) is 272 cm³/mol. The molecule has 0 saturated carbocycles. The molecule has 1 aliphatic carbocycles. The summed E-state index contributed by atoms with van der Waals surface area (Å²) in [6.45, 7) is 11.9. The number of rotatable bonds is 7. The van der Waals surface area contributed by atoms with Gasteiger partial charge in [-0.3, -0.25) is 0 Å². The Morgan fingerprint density at radius 1 is 0.625 bits per heavy atom. The number of benzene rings is 8. The molecule has 5 heteroatoms. The van der Waals surface area contributed by atoms with Crippen molar-refractivity contribution in [3.63, 3.8) is 0 Å². The molecule has 4 nitrogen and oxygen atoms in total. The summed E-state index contributed by atoms with van der Waals surface area (Å²) in [7, 11) is 0.751. The van der Waals surface area contributed by atoms with Gasteiger partial charge in [0, 0.05) is 55.7 Å². The summed E-state index contributed by atoms with van der Waals surface area (Å²) in [6, 6.07) is 64.4. The summed E-state index contributed by atoms with van der Waals surface area (Å²) in [6.07, 6.45) is 2.30. The van der Waals surface area contributed by atoms with E-state index in [0.717, 1.165) is 76.4 Å². The van der Waals surface area contributed by atoms with Crippen molar-refractivity contribution >= 4 is 79.4 Å². The Morgan fingerprint density at radius 2 is 1.25 bits per heavy atom. The normalized spacial score (nSPS) is 14.6. The highest BCUT2D eigenvalue weighted by Crippen LogP contribution is 2.52. The number of anilines is 5. The molecule has 2 aliphatic rings. The second kappa shape index (κ2) is 14.4. The number of fused-ring (bicyclic) bond motifs is 7. The van der Waals surface area contributed by atoms with Crippen LogP contribution in [-0.2, 0) is 10.8 Å². The van der Waals surface area contributed by atoms with Crippen molar-refractivity contribution in [2.75, 3.05) is 10.2 Å². The standard InChI is InChI=1S/C59H50BN3O/c1-37-25-27-40(28-26-37)61-49-24-16-15-23-43(49)44-34-52(62(41-19-11-7-12-20-41)42-21-13-8-14-22-42)55-45-33-46-47(59(4,5)30-29-58(46,2)3)35-50(45)63-51-31-39-32-53(38-17-9-6-10-18-38)64-54(39)36-48(51)60-56(44)57(55)63/h6-28,31-36,60-61H,29-30H2,1-5H3. The first-order valence-electron chi connectivity index (χ1n) is 22.8. The van der Waals surface area contributed by atoms with Gasteiger partial charge in [0.1, 0.15) is 11.3 Å². The van der Waals surface area contributed by atoms with Crippen LogP contribution in [0, 0.1) is 6.92 Å². The summed E-state index contributed by atoms with van der Waals surface area (Å²) in [4.78, 5) is 2.48. The molecule has 12 rings (SSSR count). The second-order valence-electron chi connectivity index (χ2n) is 19.4. The summed E-state index contributed by atoms with van der Waals surface area (Å²) >= 11 is 0. The molecule has 1 N–H and O–H groups in total. The van der Waals surface area contributed by atoms with Crippen LogP contribution in [0.5, 0.6) is 0 Å². The van der Waals surface area contributed by atoms with Gasteiger partial charge in [-0.15, -0.1) is 0 Å². The van der Waals surface area contributed by atoms with E-state index >= 15 is 0 Å². The lowest BCUT2D eigenvalue weighted by molar-refractivity contribution is 0.332. The highest BCUT2D eigenvalue weighted by Gasteiger charge is 2.39. The molecule has 3 heterocycles. The van der Waals surface area contributed by atoms with Crippen LogP contribution >= 0.6 is 0 Å². The van der Waals surface area contributed by atoms with Crippen molar-refractivity contribution in [2.45, 2.75) is 58.3 Å². The van der Waals surface area contributed by atoms with Crippen LogP contribution in [-0.4, -0.2) is 11.8 Å². The van der Waals surface area contributed by atoms with Gasteiger partial charge in [-0.05, 0) is 132 Å². The van der Waals surface area contributed by atoms with Crippen molar-refractivity contribution in [1.29, 1.82) is 0 Å². The third-order valence-corrected chi connectivity index (χ3v) is 14.3. The van der Waals surface area contributed by atoms with E-state index in [0.29, 0.717) is 0 Å². The van der Waals surface area contributed by atoms with Crippen molar-refractivity contribution < 1.29 is 4.42 Å². The molecule has 0 unspecified atom stereocenters. The van der Waals surface area contributed by atoms with Gasteiger partial charge < -0.3 is 19.2 Å². The Hall–Kier alpha value is -7.24. The van der Waals surface area contributed by atoms with E-state index in [-0.39, 0.29) is 10.8 Å². The predicted octanol–water partition coefficient (Wildman–Crippen LogP) is 14.4. The third kappa shape index (κ3) is 6.13. The number of furan rings is 1. The number of hydrogen-bond donors (Lipinski definition) is 1. The first-order chi connectivity index (χ1) is 31.1. The van der Waals surface area contributed by atoms with Crippen LogP contribution in [0.15, 0.2) is 180 Å². The molecule has 0 bridgehead atoms. The van der Waals surface area contributed by atoms with Crippen LogP contribution < -0.4 is 21.1 Å². The van der Waals surface area contributed by atoms with Crippen molar-refractivity contribution in [1.82, 2.24) is 4.57 Å². The van der Waals surface area contributed by atoms with E-state index in [1.165, 1.54) is 60.7 Å². The average Bonchev–Trinajstić information content (AvgIpc) is 3.89. The summed E-state index contributed by atoms with van der Waals surface area (Å²) in [5.74, 6) is 0.886. The lowest BCUT2D eigenvalue weighted by atomic mass is 9.59. The van der Waals surface area contributed by atoms with Gasteiger partial charge in [-0.1, -0.05) is 136 Å². The Kier molecular flexibility index (Phi) is 8.65. The number of para-hydroxylation sites is 3. The van der Waals surface area contributed by atoms with Crippen LogP contribution in [0.3, 0.4) is 0 Å². The van der Waals surface area contributed by atoms with Gasteiger partial charge in [0.05, 0.1) is 16.7 Å². The number of nitrogens with zero attached hydrogens (tertiary/aromatic N) is 2. The van der Waals surface area contributed by atoms with Gasteiger partial charge in [-0.25, -0.2) is 0 Å². The molecule has 0 amide bonds. The van der Waals surface area contributed by atoms with E-state index in [4.69, 9.17) is 4.42 Å². The molecular formula is C59H50BN3O. The zero-order valence-corrected chi connectivity index (χ0v) is 37.2. The minimum Gasteiger partial charge on any atom is -0.456 e. The Balaban J connectivity index is 1.24. The Bertz CT molecular complexity index is 3400. The maximum atomic E-state index is 6.71. The van der Waals surface area contributed by atoms with Gasteiger partial charge in [0.15, 0.2) is 7.28 Å². The monoisotopic (exact) mass is 827 g/mol. The van der Waals surface area contributed by atoms with Crippen LogP contribution in [0.25, 0.3) is 60.9 Å². The third-order valence-electron chi connectivity index (χ3n) is 14.3. The number of hydrogen-bond acceptors (Lipinski definition) is 3. The van der Waals surface area contributed by atoms with E-state index in [9.17, 15) is 0 Å². The van der Waals surface area contributed by atoms with Crippen molar-refractivity contribution in [2.24, 2.45) is 0 Å². The minimum absolute atomic E-state index is 0.0316. The fourth-order valence-electron chi connectivity index (χ4n) is 10.8. The van der Waals surface area contributed by atoms with Crippen LogP contribution in [0.2, 0.25) is 0 Å². The van der Waals surface area contributed by atoms with Crippen molar-refractivity contribution in [3.8, 4) is 28.1 Å². The first kappa shape index (κ1) is 38.4. The zero-order chi connectivity index (χ0) is 43.3. The minimum atomic E-state index is 0.0316. The van der Waals surface area contributed by atoms with Crippen molar-refractivity contribution in [3.05, 3.63) is 193 Å². The summed E-state index contributed by atoms with van der Waals surface area (Å²) in [5, 5.41) is 7.52. The van der Waals surface area contributed by atoms with E-state index in [1.807, 2.05) is 0 Å². The maximum Gasteiger partial charge on any atom is 0.198 e.